The number of hydrogen-bond acceptors (Lipinski definition) is 1. The van der Waals surface area contributed by atoms with Crippen LogP contribution in [0.25, 0.3) is 0 Å². The van der Waals surface area contributed by atoms with Crippen LogP contribution >= 0.6 is 0 Å². The number of rotatable bonds is 8. The van der Waals surface area contributed by atoms with Crippen molar-refractivity contribution in [2.24, 2.45) is 0 Å². The first-order valence-electron chi connectivity index (χ1n) is 5.63. The van der Waals surface area contributed by atoms with E-state index in [9.17, 15) is 0 Å². The fourth-order valence-corrected chi connectivity index (χ4v) is 1.32. The van der Waals surface area contributed by atoms with Gasteiger partial charge in [-0.25, -0.2) is 0 Å². The van der Waals surface area contributed by atoms with Gasteiger partial charge >= 0.3 is 0 Å². The Morgan fingerprint density at radius 1 is 1.00 bits per heavy atom. The molecule has 0 rings (SSSR count). The first-order chi connectivity index (χ1) is 6.91. The molecular formula is C13H21N. The number of unbranched alkanes of at least 4 members (excludes halogenated alkanes) is 6. The van der Waals surface area contributed by atoms with Crippen molar-refractivity contribution in [3.05, 3.63) is 24.3 Å². The molecule has 0 atom stereocenters. The molecule has 0 fully saturated rings. The highest BCUT2D eigenvalue weighted by molar-refractivity contribution is 5.11. The lowest BCUT2D eigenvalue weighted by atomic mass is 10.1. The van der Waals surface area contributed by atoms with E-state index in [2.05, 4.69) is 13.0 Å². The predicted molar refractivity (Wildman–Crippen MR) is 61.9 cm³/mol. The van der Waals surface area contributed by atoms with Crippen LogP contribution in [0.2, 0.25) is 0 Å². The van der Waals surface area contributed by atoms with Crippen LogP contribution in [0.1, 0.15) is 51.9 Å². The smallest absolute Gasteiger partial charge is 0.0912 e. The first kappa shape index (κ1) is 13.0. The number of nitriles is 1. The summed E-state index contributed by atoms with van der Waals surface area (Å²) < 4.78 is 0. The third kappa shape index (κ3) is 11.0. The molecule has 0 heterocycles. The monoisotopic (exact) mass is 191 g/mol. The van der Waals surface area contributed by atoms with Gasteiger partial charge in [-0.3, -0.25) is 0 Å². The van der Waals surface area contributed by atoms with Crippen LogP contribution in [-0.2, 0) is 0 Å². The van der Waals surface area contributed by atoms with Crippen molar-refractivity contribution in [2.75, 3.05) is 0 Å². The van der Waals surface area contributed by atoms with E-state index in [1.54, 1.807) is 6.08 Å². The second-order valence-electron chi connectivity index (χ2n) is 3.47. The Labute approximate surface area is 88.1 Å². The summed E-state index contributed by atoms with van der Waals surface area (Å²) >= 11 is 0. The number of nitrogens with zero attached hydrogens (tertiary/aromatic N) is 1. The summed E-state index contributed by atoms with van der Waals surface area (Å²) in [5.41, 5.74) is 0. The van der Waals surface area contributed by atoms with Gasteiger partial charge in [-0.05, 0) is 12.8 Å². The van der Waals surface area contributed by atoms with E-state index in [0.29, 0.717) is 0 Å². The molecule has 0 saturated heterocycles. The average Bonchev–Trinajstić information content (AvgIpc) is 2.21. The average molecular weight is 191 g/mol. The molecule has 14 heavy (non-hydrogen) atoms. The van der Waals surface area contributed by atoms with Crippen LogP contribution in [0.15, 0.2) is 24.3 Å². The zero-order chi connectivity index (χ0) is 10.5. The van der Waals surface area contributed by atoms with Crippen molar-refractivity contribution in [2.45, 2.75) is 51.9 Å². The van der Waals surface area contributed by atoms with Crippen molar-refractivity contribution in [1.29, 1.82) is 5.26 Å². The lowest BCUT2D eigenvalue weighted by molar-refractivity contribution is 0.611. The molecule has 0 radical (unpaired) electrons. The number of allylic oxidation sites excluding steroid dienone is 4. The lowest BCUT2D eigenvalue weighted by Crippen LogP contribution is -1.77. The van der Waals surface area contributed by atoms with Crippen molar-refractivity contribution < 1.29 is 0 Å². The van der Waals surface area contributed by atoms with Gasteiger partial charge in [0.2, 0.25) is 0 Å². The first-order valence-corrected chi connectivity index (χ1v) is 5.63. The molecule has 0 aliphatic heterocycles. The second-order valence-corrected chi connectivity index (χ2v) is 3.47. The maximum Gasteiger partial charge on any atom is 0.0912 e. The molecule has 0 aliphatic rings. The third-order valence-corrected chi connectivity index (χ3v) is 2.14. The summed E-state index contributed by atoms with van der Waals surface area (Å²) in [5.74, 6) is 0. The van der Waals surface area contributed by atoms with Crippen molar-refractivity contribution >= 4 is 0 Å². The molecule has 1 nitrogen and oxygen atoms in total. The highest BCUT2D eigenvalue weighted by Gasteiger charge is 1.87. The van der Waals surface area contributed by atoms with Crippen LogP contribution in [0.5, 0.6) is 0 Å². The fraction of sp³-hybridized carbons (Fsp3) is 0.615. The van der Waals surface area contributed by atoms with Gasteiger partial charge in [0.25, 0.3) is 0 Å². The normalized spacial score (nSPS) is 11.1. The Morgan fingerprint density at radius 2 is 1.71 bits per heavy atom. The van der Waals surface area contributed by atoms with Gasteiger partial charge in [0.05, 0.1) is 6.07 Å². The Bertz CT molecular complexity index is 196. The molecule has 0 aromatic carbocycles. The summed E-state index contributed by atoms with van der Waals surface area (Å²) in [5, 5.41) is 8.22. The Morgan fingerprint density at radius 3 is 2.43 bits per heavy atom. The van der Waals surface area contributed by atoms with Gasteiger partial charge < -0.3 is 0 Å². The highest BCUT2D eigenvalue weighted by Crippen LogP contribution is 2.06. The fourth-order valence-electron chi connectivity index (χ4n) is 1.32. The van der Waals surface area contributed by atoms with Gasteiger partial charge in [0.15, 0.2) is 0 Å². The molecule has 0 N–H and O–H groups in total. The maximum absolute atomic E-state index is 8.22. The Hall–Kier alpha value is -1.03. The van der Waals surface area contributed by atoms with E-state index in [-0.39, 0.29) is 0 Å². The molecule has 0 bridgehead atoms. The minimum Gasteiger partial charge on any atom is -0.193 e. The number of hydrogen-bond donors (Lipinski definition) is 0. The van der Waals surface area contributed by atoms with E-state index in [0.717, 1.165) is 6.42 Å². The van der Waals surface area contributed by atoms with Gasteiger partial charge in [0.1, 0.15) is 0 Å². The molecule has 0 unspecified atom stereocenters. The predicted octanol–water partition coefficient (Wildman–Crippen LogP) is 4.37. The topological polar surface area (TPSA) is 23.8 Å². The molecule has 0 amide bonds. The molecule has 0 aromatic heterocycles. The molecule has 0 aromatic rings. The largest absolute Gasteiger partial charge is 0.193 e. The van der Waals surface area contributed by atoms with Crippen LogP contribution in [0.3, 0.4) is 0 Å². The van der Waals surface area contributed by atoms with Crippen molar-refractivity contribution in [1.82, 2.24) is 0 Å². The standard InChI is InChI=1S/C13H21N/c1-2-3-4-5-6-7-8-9-10-11-12-13-14/h9-12H,2-8H2,1H3/b10-9+,12-11+. The molecular weight excluding hydrogens is 170 g/mol. The summed E-state index contributed by atoms with van der Waals surface area (Å²) in [6.45, 7) is 2.24. The van der Waals surface area contributed by atoms with E-state index in [1.807, 2.05) is 12.1 Å². The van der Waals surface area contributed by atoms with Gasteiger partial charge in [-0.1, -0.05) is 57.3 Å². The van der Waals surface area contributed by atoms with Crippen LogP contribution in [-0.4, -0.2) is 0 Å². The maximum atomic E-state index is 8.22. The van der Waals surface area contributed by atoms with E-state index in [1.165, 1.54) is 44.6 Å². The second kappa shape index (κ2) is 12.0. The Balaban J connectivity index is 3.10. The minimum absolute atomic E-state index is 1.14. The zero-order valence-corrected chi connectivity index (χ0v) is 9.21. The van der Waals surface area contributed by atoms with Gasteiger partial charge in [-0.2, -0.15) is 5.26 Å². The summed E-state index contributed by atoms with van der Waals surface area (Å²) in [7, 11) is 0. The van der Waals surface area contributed by atoms with Gasteiger partial charge in [0, 0.05) is 6.08 Å². The van der Waals surface area contributed by atoms with Crippen molar-refractivity contribution in [3.63, 3.8) is 0 Å². The summed E-state index contributed by atoms with van der Waals surface area (Å²) in [6, 6.07) is 1.96. The summed E-state index contributed by atoms with van der Waals surface area (Å²) in [6.07, 6.45) is 16.6. The molecule has 1 heteroatoms. The van der Waals surface area contributed by atoms with Crippen LogP contribution in [0.4, 0.5) is 0 Å². The van der Waals surface area contributed by atoms with E-state index < -0.39 is 0 Å². The van der Waals surface area contributed by atoms with E-state index >= 15 is 0 Å². The minimum atomic E-state index is 1.14. The molecule has 0 saturated carbocycles. The van der Waals surface area contributed by atoms with Crippen LogP contribution in [0, 0.1) is 11.3 Å². The molecule has 78 valence electrons. The van der Waals surface area contributed by atoms with Gasteiger partial charge in [-0.15, -0.1) is 0 Å². The Kier molecular flexibility index (Phi) is 11.1. The molecule has 0 aliphatic carbocycles. The SMILES string of the molecule is CCCCCCCC/C=C/C=C/C#N. The highest BCUT2D eigenvalue weighted by atomic mass is 14.2. The van der Waals surface area contributed by atoms with Crippen molar-refractivity contribution in [3.8, 4) is 6.07 Å². The summed E-state index contributed by atoms with van der Waals surface area (Å²) in [4.78, 5) is 0. The molecule has 0 spiro atoms. The zero-order valence-electron chi connectivity index (χ0n) is 9.21. The van der Waals surface area contributed by atoms with E-state index in [4.69, 9.17) is 5.26 Å². The van der Waals surface area contributed by atoms with Crippen LogP contribution < -0.4 is 0 Å². The lowest BCUT2D eigenvalue weighted by Gasteiger charge is -1.96. The third-order valence-electron chi connectivity index (χ3n) is 2.14. The quantitative estimate of drug-likeness (QED) is 0.317.